The molecule has 6 nitrogen and oxygen atoms in total. The lowest BCUT2D eigenvalue weighted by molar-refractivity contribution is -0.274. The van der Waals surface area contributed by atoms with Crippen LogP contribution in [-0.4, -0.2) is 27.2 Å². The van der Waals surface area contributed by atoms with E-state index in [1.54, 1.807) is 0 Å². The molecule has 0 aliphatic heterocycles. The van der Waals surface area contributed by atoms with Crippen LogP contribution in [0.25, 0.3) is 5.69 Å². The second kappa shape index (κ2) is 5.51. The third kappa shape index (κ3) is 3.25. The number of ether oxygens (including phenoxy) is 1. The zero-order chi connectivity index (χ0) is 16.5. The lowest BCUT2D eigenvalue weighted by Gasteiger charge is -2.14. The minimum absolute atomic E-state index is 0.152. The molecule has 2 aromatic rings. The molecule has 2 rings (SSSR count). The van der Waals surface area contributed by atoms with Crippen LogP contribution in [0.1, 0.15) is 16.1 Å². The molecule has 0 saturated heterocycles. The van der Waals surface area contributed by atoms with Crippen LogP contribution in [0.15, 0.2) is 35.1 Å². The fourth-order valence-electron chi connectivity index (χ4n) is 1.78. The maximum absolute atomic E-state index is 12.4. The van der Waals surface area contributed by atoms with Gasteiger partial charge in [-0.1, -0.05) is 12.1 Å². The van der Waals surface area contributed by atoms with Crippen molar-refractivity contribution in [3.63, 3.8) is 0 Å². The fourth-order valence-corrected chi connectivity index (χ4v) is 1.78. The number of hydrogen-bond donors (Lipinski definition) is 1. The molecule has 0 aliphatic carbocycles. The van der Waals surface area contributed by atoms with Gasteiger partial charge in [-0.3, -0.25) is 4.79 Å². The number of para-hydroxylation sites is 2. The van der Waals surface area contributed by atoms with Crippen LogP contribution in [0, 0.1) is 6.92 Å². The van der Waals surface area contributed by atoms with Gasteiger partial charge in [-0.15, -0.1) is 13.2 Å². The summed E-state index contributed by atoms with van der Waals surface area (Å²) < 4.78 is 41.6. The summed E-state index contributed by atoms with van der Waals surface area (Å²) in [4.78, 5) is 23.1. The molecule has 0 saturated carbocycles. The van der Waals surface area contributed by atoms with Gasteiger partial charge in [0.05, 0.1) is 5.69 Å². The Morgan fingerprint density at radius 2 is 1.95 bits per heavy atom. The third-order valence-corrected chi connectivity index (χ3v) is 2.58. The van der Waals surface area contributed by atoms with Crippen molar-refractivity contribution in [3.8, 4) is 11.4 Å². The van der Waals surface area contributed by atoms with Crippen molar-refractivity contribution in [3.05, 3.63) is 51.9 Å². The number of alkyl halides is 3. The van der Waals surface area contributed by atoms with Gasteiger partial charge in [0.2, 0.25) is 0 Å². The number of benzene rings is 1. The third-order valence-electron chi connectivity index (χ3n) is 2.58. The lowest BCUT2D eigenvalue weighted by Crippen LogP contribution is -2.29. The smallest absolute Gasteiger partial charge is 0.477 e. The number of rotatable bonds is 3. The summed E-state index contributed by atoms with van der Waals surface area (Å²) >= 11 is 0. The first kappa shape index (κ1) is 15.5. The van der Waals surface area contributed by atoms with Crippen molar-refractivity contribution < 1.29 is 27.8 Å². The van der Waals surface area contributed by atoms with E-state index in [4.69, 9.17) is 5.11 Å². The van der Waals surface area contributed by atoms with Crippen molar-refractivity contribution in [2.75, 3.05) is 0 Å². The molecule has 1 N–H and O–H groups in total. The van der Waals surface area contributed by atoms with Crippen LogP contribution in [0.3, 0.4) is 0 Å². The minimum Gasteiger partial charge on any atom is -0.477 e. The highest BCUT2D eigenvalue weighted by atomic mass is 19.4. The van der Waals surface area contributed by atoms with Crippen LogP contribution in [0.2, 0.25) is 0 Å². The Labute approximate surface area is 121 Å². The Hall–Kier alpha value is -2.84. The molecule has 1 aromatic carbocycles. The summed E-state index contributed by atoms with van der Waals surface area (Å²) in [5, 5.41) is 12.7. The molecule has 0 spiro atoms. The van der Waals surface area contributed by atoms with E-state index in [-0.39, 0.29) is 11.4 Å². The zero-order valence-electron chi connectivity index (χ0n) is 11.1. The van der Waals surface area contributed by atoms with E-state index in [0.717, 1.165) is 12.1 Å². The van der Waals surface area contributed by atoms with Crippen LogP contribution in [0.4, 0.5) is 13.2 Å². The van der Waals surface area contributed by atoms with Crippen molar-refractivity contribution in [2.24, 2.45) is 0 Å². The molecule has 1 heterocycles. The van der Waals surface area contributed by atoms with Gasteiger partial charge >= 0.3 is 12.3 Å². The largest absolute Gasteiger partial charge is 0.573 e. The molecule has 0 atom stereocenters. The molecule has 22 heavy (non-hydrogen) atoms. The number of aromatic nitrogens is 2. The van der Waals surface area contributed by atoms with Gasteiger partial charge in [-0.05, 0) is 25.1 Å². The quantitative estimate of drug-likeness (QED) is 0.938. The Bertz CT molecular complexity index is 784. The van der Waals surface area contributed by atoms with E-state index in [9.17, 15) is 22.8 Å². The Morgan fingerprint density at radius 1 is 1.32 bits per heavy atom. The Morgan fingerprint density at radius 3 is 2.55 bits per heavy atom. The molecule has 0 amide bonds. The predicted molar refractivity (Wildman–Crippen MR) is 68.2 cm³/mol. The normalized spacial score (nSPS) is 11.3. The number of halogens is 3. The highest BCUT2D eigenvalue weighted by Gasteiger charge is 2.32. The molecule has 1 aromatic heterocycles. The lowest BCUT2D eigenvalue weighted by atomic mass is 10.2. The summed E-state index contributed by atoms with van der Waals surface area (Å²) in [6, 6.07) is 5.85. The van der Waals surface area contributed by atoms with Crippen LogP contribution in [0.5, 0.6) is 5.75 Å². The molecular formula is C13H9F3N2O4. The van der Waals surface area contributed by atoms with Crippen LogP contribution >= 0.6 is 0 Å². The molecule has 0 aliphatic rings. The Kier molecular flexibility index (Phi) is 3.89. The van der Waals surface area contributed by atoms with Gasteiger partial charge in [-0.2, -0.15) is 9.78 Å². The van der Waals surface area contributed by atoms with Gasteiger partial charge in [0.1, 0.15) is 11.3 Å². The first-order valence-electron chi connectivity index (χ1n) is 5.88. The van der Waals surface area contributed by atoms with Crippen molar-refractivity contribution in [2.45, 2.75) is 13.3 Å². The average molecular weight is 314 g/mol. The summed E-state index contributed by atoms with van der Waals surface area (Å²) in [6.07, 6.45) is -4.96. The van der Waals surface area contributed by atoms with Gasteiger partial charge in [0.25, 0.3) is 5.56 Å². The van der Waals surface area contributed by atoms with Gasteiger partial charge in [0.15, 0.2) is 5.75 Å². The molecule has 0 fully saturated rings. The highest BCUT2D eigenvalue weighted by molar-refractivity contribution is 5.87. The minimum atomic E-state index is -4.96. The first-order valence-corrected chi connectivity index (χ1v) is 5.88. The predicted octanol–water partition coefficient (Wildman–Crippen LogP) is 2.14. The molecule has 116 valence electrons. The Balaban J connectivity index is 2.68. The fraction of sp³-hybridized carbons (Fsp3) is 0.154. The number of aryl methyl sites for hydroxylation is 1. The van der Waals surface area contributed by atoms with E-state index >= 15 is 0 Å². The number of hydrogen-bond acceptors (Lipinski definition) is 4. The van der Waals surface area contributed by atoms with Crippen molar-refractivity contribution in [1.82, 2.24) is 9.78 Å². The van der Waals surface area contributed by atoms with E-state index in [0.29, 0.717) is 4.68 Å². The van der Waals surface area contributed by atoms with E-state index in [1.165, 1.54) is 25.1 Å². The topological polar surface area (TPSA) is 81.4 Å². The van der Waals surface area contributed by atoms with Crippen LogP contribution in [-0.2, 0) is 0 Å². The number of carboxylic acid groups (broad SMARTS) is 1. The second-order valence-electron chi connectivity index (χ2n) is 4.24. The van der Waals surface area contributed by atoms with Crippen molar-refractivity contribution in [1.29, 1.82) is 0 Å². The summed E-state index contributed by atoms with van der Waals surface area (Å²) in [6.45, 7) is 1.41. The van der Waals surface area contributed by atoms with E-state index in [2.05, 4.69) is 9.84 Å². The molecule has 0 radical (unpaired) electrons. The molecule has 0 unspecified atom stereocenters. The SMILES string of the molecule is Cc1cc(C(=O)O)c(=O)n(-c2ccccc2OC(F)(F)F)n1. The maximum Gasteiger partial charge on any atom is 0.573 e. The van der Waals surface area contributed by atoms with Gasteiger partial charge < -0.3 is 9.84 Å². The van der Waals surface area contributed by atoms with E-state index in [1.807, 2.05) is 0 Å². The van der Waals surface area contributed by atoms with Gasteiger partial charge in [-0.25, -0.2) is 4.79 Å². The second-order valence-corrected chi connectivity index (χ2v) is 4.24. The van der Waals surface area contributed by atoms with Crippen molar-refractivity contribution >= 4 is 5.97 Å². The average Bonchev–Trinajstić information content (AvgIpc) is 2.40. The number of aromatic carboxylic acids is 1. The molecule has 9 heteroatoms. The summed E-state index contributed by atoms with van der Waals surface area (Å²) in [5.74, 6) is -2.16. The monoisotopic (exact) mass is 314 g/mol. The maximum atomic E-state index is 12.4. The number of carbonyl (C=O) groups is 1. The summed E-state index contributed by atoms with van der Waals surface area (Å²) in [7, 11) is 0. The van der Waals surface area contributed by atoms with E-state index < -0.39 is 29.2 Å². The zero-order valence-corrected chi connectivity index (χ0v) is 11.1. The number of carboxylic acids is 1. The standard InChI is InChI=1S/C13H9F3N2O4/c1-7-6-8(12(20)21)11(19)18(17-7)9-4-2-3-5-10(9)22-13(14,15)16/h2-6H,1H3,(H,20,21). The highest BCUT2D eigenvalue weighted by Crippen LogP contribution is 2.27. The summed E-state index contributed by atoms with van der Waals surface area (Å²) in [5.41, 5.74) is -1.82. The molecule has 0 bridgehead atoms. The van der Waals surface area contributed by atoms with Crippen LogP contribution < -0.4 is 10.3 Å². The van der Waals surface area contributed by atoms with Gasteiger partial charge in [0, 0.05) is 0 Å². The number of nitrogens with zero attached hydrogens (tertiary/aromatic N) is 2. The molecular weight excluding hydrogens is 305 g/mol. The first-order chi connectivity index (χ1) is 10.2.